The van der Waals surface area contributed by atoms with Crippen LogP contribution >= 0.6 is 0 Å². The summed E-state index contributed by atoms with van der Waals surface area (Å²) in [5, 5.41) is 24.9. The van der Waals surface area contributed by atoms with Crippen LogP contribution in [0.4, 0.5) is 0 Å². The molecular weight excluding hydrogens is 252 g/mol. The number of carbonyl (C=O) groups is 2. The van der Waals surface area contributed by atoms with Crippen LogP contribution in [0.5, 0.6) is 0 Å². The van der Waals surface area contributed by atoms with Gasteiger partial charge in [-0.25, -0.2) is 9.48 Å². The summed E-state index contributed by atoms with van der Waals surface area (Å²) in [7, 11) is 0. The number of H-pyrrole nitrogens is 1. The third-order valence-corrected chi connectivity index (χ3v) is 2.32. The molecule has 0 aliphatic heterocycles. The number of nitrogens with zero attached hydrogens (tertiary/aromatic N) is 4. The van der Waals surface area contributed by atoms with Crippen molar-refractivity contribution in [1.29, 1.82) is 0 Å². The number of rotatable bonds is 5. The van der Waals surface area contributed by atoms with Crippen molar-refractivity contribution in [2.75, 3.05) is 6.54 Å². The molecule has 0 radical (unpaired) electrons. The molecule has 0 unspecified atom stereocenters. The third-order valence-electron chi connectivity index (χ3n) is 2.32. The van der Waals surface area contributed by atoms with Gasteiger partial charge in [0.2, 0.25) is 0 Å². The molecule has 2 heterocycles. The lowest BCUT2D eigenvalue weighted by Crippen LogP contribution is -2.27. The monoisotopic (exact) mass is 264 g/mol. The molecule has 2 aromatic rings. The van der Waals surface area contributed by atoms with E-state index in [1.54, 1.807) is 13.0 Å². The van der Waals surface area contributed by atoms with Gasteiger partial charge in [-0.1, -0.05) is 5.21 Å². The third kappa shape index (κ3) is 3.15. The first-order valence-corrected chi connectivity index (χ1v) is 5.50. The molecule has 100 valence electrons. The number of hydrogen-bond acceptors (Lipinski definition) is 5. The van der Waals surface area contributed by atoms with Crippen LogP contribution in [0.15, 0.2) is 12.3 Å². The molecule has 0 fully saturated rings. The molecule has 0 saturated carbocycles. The number of carboxylic acid groups (broad SMARTS) is 1. The maximum absolute atomic E-state index is 11.6. The molecule has 0 aromatic carbocycles. The van der Waals surface area contributed by atoms with Crippen molar-refractivity contribution in [3.63, 3.8) is 0 Å². The zero-order chi connectivity index (χ0) is 13.8. The number of aromatic amines is 1. The van der Waals surface area contributed by atoms with E-state index in [1.165, 1.54) is 10.9 Å². The highest BCUT2D eigenvalue weighted by atomic mass is 16.4. The SMILES string of the molecule is Cc1cc(C(=O)NCCn2cc(C(=O)O)nn2)n[nH]1. The first kappa shape index (κ1) is 12.7. The lowest BCUT2D eigenvalue weighted by atomic mass is 10.3. The van der Waals surface area contributed by atoms with Crippen LogP contribution in [0.3, 0.4) is 0 Å². The fourth-order valence-corrected chi connectivity index (χ4v) is 1.41. The maximum atomic E-state index is 11.6. The molecule has 0 saturated heterocycles. The number of nitrogens with one attached hydrogen (secondary N) is 2. The molecule has 0 aliphatic carbocycles. The van der Waals surface area contributed by atoms with Gasteiger partial charge in [0, 0.05) is 12.2 Å². The first-order valence-electron chi connectivity index (χ1n) is 5.50. The van der Waals surface area contributed by atoms with E-state index in [-0.39, 0.29) is 11.6 Å². The summed E-state index contributed by atoms with van der Waals surface area (Å²) in [4.78, 5) is 22.2. The van der Waals surface area contributed by atoms with Gasteiger partial charge in [-0.05, 0) is 13.0 Å². The summed E-state index contributed by atoms with van der Waals surface area (Å²) in [6.45, 7) is 2.43. The molecule has 1 amide bonds. The average molecular weight is 264 g/mol. The summed E-state index contributed by atoms with van der Waals surface area (Å²) in [5.74, 6) is -1.44. The normalized spacial score (nSPS) is 10.4. The van der Waals surface area contributed by atoms with Crippen LogP contribution in [0, 0.1) is 6.92 Å². The van der Waals surface area contributed by atoms with Crippen LogP contribution in [0.2, 0.25) is 0 Å². The highest BCUT2D eigenvalue weighted by molar-refractivity contribution is 5.92. The van der Waals surface area contributed by atoms with Crippen molar-refractivity contribution in [3.8, 4) is 0 Å². The number of carbonyl (C=O) groups excluding carboxylic acids is 1. The van der Waals surface area contributed by atoms with Crippen LogP contribution in [0.25, 0.3) is 0 Å². The van der Waals surface area contributed by atoms with Crippen LogP contribution in [0.1, 0.15) is 26.7 Å². The quantitative estimate of drug-likeness (QED) is 0.664. The Hall–Kier alpha value is -2.71. The number of aromatic carboxylic acids is 1. The summed E-state index contributed by atoms with van der Waals surface area (Å²) >= 11 is 0. The Bertz CT molecular complexity index is 602. The summed E-state index contributed by atoms with van der Waals surface area (Å²) < 4.78 is 1.35. The summed E-state index contributed by atoms with van der Waals surface area (Å²) in [6, 6.07) is 1.63. The van der Waals surface area contributed by atoms with Gasteiger partial charge in [0.15, 0.2) is 5.69 Å². The smallest absolute Gasteiger partial charge is 0.358 e. The minimum atomic E-state index is -1.14. The lowest BCUT2D eigenvalue weighted by Gasteiger charge is -2.02. The number of aryl methyl sites for hydroxylation is 1. The van der Waals surface area contributed by atoms with Crippen molar-refractivity contribution in [1.82, 2.24) is 30.5 Å². The molecule has 0 bridgehead atoms. The molecule has 9 nitrogen and oxygen atoms in total. The van der Waals surface area contributed by atoms with Gasteiger partial charge in [0.1, 0.15) is 5.69 Å². The lowest BCUT2D eigenvalue weighted by molar-refractivity contribution is 0.0690. The Balaban J connectivity index is 1.83. The van der Waals surface area contributed by atoms with Crippen molar-refractivity contribution >= 4 is 11.9 Å². The molecule has 19 heavy (non-hydrogen) atoms. The van der Waals surface area contributed by atoms with E-state index in [0.717, 1.165) is 5.69 Å². The van der Waals surface area contributed by atoms with Crippen molar-refractivity contribution in [2.45, 2.75) is 13.5 Å². The molecule has 0 spiro atoms. The average Bonchev–Trinajstić information content (AvgIpc) is 2.98. The highest BCUT2D eigenvalue weighted by Gasteiger charge is 2.10. The van der Waals surface area contributed by atoms with Crippen LogP contribution in [-0.4, -0.2) is 48.7 Å². The van der Waals surface area contributed by atoms with Crippen molar-refractivity contribution in [3.05, 3.63) is 29.3 Å². The van der Waals surface area contributed by atoms with E-state index in [0.29, 0.717) is 18.8 Å². The number of carboxylic acids is 1. The molecule has 0 aliphatic rings. The standard InChI is InChI=1S/C10H12N6O3/c1-6-4-7(13-12-6)9(17)11-2-3-16-5-8(10(18)19)14-15-16/h4-5H,2-3H2,1H3,(H,11,17)(H,12,13)(H,18,19). The first-order chi connectivity index (χ1) is 9.06. The second-order valence-corrected chi connectivity index (χ2v) is 3.86. The Morgan fingerprint density at radius 1 is 1.47 bits per heavy atom. The zero-order valence-corrected chi connectivity index (χ0v) is 10.1. The predicted octanol–water partition coefficient (Wildman–Crippen LogP) is -0.562. The zero-order valence-electron chi connectivity index (χ0n) is 10.1. The fourth-order valence-electron chi connectivity index (χ4n) is 1.41. The predicted molar refractivity (Wildman–Crippen MR) is 62.6 cm³/mol. The number of aromatic nitrogens is 5. The molecular formula is C10H12N6O3. The van der Waals surface area contributed by atoms with E-state index < -0.39 is 5.97 Å². The number of amides is 1. The highest BCUT2D eigenvalue weighted by Crippen LogP contribution is 1.97. The van der Waals surface area contributed by atoms with Gasteiger partial charge in [0.05, 0.1) is 12.7 Å². The van der Waals surface area contributed by atoms with Crippen LogP contribution < -0.4 is 5.32 Å². The van der Waals surface area contributed by atoms with E-state index >= 15 is 0 Å². The van der Waals surface area contributed by atoms with Crippen LogP contribution in [-0.2, 0) is 6.54 Å². The van der Waals surface area contributed by atoms with Gasteiger partial charge in [-0.2, -0.15) is 5.10 Å². The summed E-state index contributed by atoms with van der Waals surface area (Å²) in [6.07, 6.45) is 1.30. The minimum absolute atomic E-state index is 0.130. The van der Waals surface area contributed by atoms with E-state index in [9.17, 15) is 9.59 Å². The molecule has 9 heteroatoms. The van der Waals surface area contributed by atoms with Crippen molar-refractivity contribution < 1.29 is 14.7 Å². The topological polar surface area (TPSA) is 126 Å². The fraction of sp³-hybridized carbons (Fsp3) is 0.300. The second-order valence-electron chi connectivity index (χ2n) is 3.86. The van der Waals surface area contributed by atoms with Gasteiger partial charge in [-0.15, -0.1) is 5.10 Å². The Morgan fingerprint density at radius 3 is 2.84 bits per heavy atom. The number of hydrogen-bond donors (Lipinski definition) is 3. The molecule has 0 atom stereocenters. The van der Waals surface area contributed by atoms with Gasteiger partial charge >= 0.3 is 5.97 Å². The Morgan fingerprint density at radius 2 is 2.26 bits per heavy atom. The van der Waals surface area contributed by atoms with Gasteiger partial charge in [0.25, 0.3) is 5.91 Å². The Kier molecular flexibility index (Phi) is 3.55. The van der Waals surface area contributed by atoms with E-state index in [1.807, 2.05) is 0 Å². The molecule has 2 aromatic heterocycles. The second kappa shape index (κ2) is 5.29. The summed E-state index contributed by atoms with van der Waals surface area (Å²) in [5.41, 5.74) is 0.976. The van der Waals surface area contributed by atoms with E-state index in [2.05, 4.69) is 25.8 Å². The van der Waals surface area contributed by atoms with Gasteiger partial charge in [-0.3, -0.25) is 9.89 Å². The molecule has 3 N–H and O–H groups in total. The Labute approximate surface area is 107 Å². The molecule has 2 rings (SSSR count). The largest absolute Gasteiger partial charge is 0.476 e. The maximum Gasteiger partial charge on any atom is 0.358 e. The van der Waals surface area contributed by atoms with Crippen molar-refractivity contribution in [2.24, 2.45) is 0 Å². The minimum Gasteiger partial charge on any atom is -0.476 e. The van der Waals surface area contributed by atoms with Gasteiger partial charge < -0.3 is 10.4 Å². The van der Waals surface area contributed by atoms with E-state index in [4.69, 9.17) is 5.11 Å².